The summed E-state index contributed by atoms with van der Waals surface area (Å²) < 4.78 is 1.09. The molecule has 1 aliphatic rings. The van der Waals surface area contributed by atoms with Crippen LogP contribution in [0.3, 0.4) is 0 Å². The molecule has 17 heavy (non-hydrogen) atoms. The van der Waals surface area contributed by atoms with Crippen molar-refractivity contribution < 1.29 is 4.79 Å². The number of hydrogen-bond acceptors (Lipinski definition) is 4. The summed E-state index contributed by atoms with van der Waals surface area (Å²) in [4.78, 5) is 15.9. The fourth-order valence-electron chi connectivity index (χ4n) is 1.80. The van der Waals surface area contributed by atoms with Crippen molar-refractivity contribution in [2.45, 2.75) is 5.54 Å². The molecule has 3 rings (SSSR count). The molecule has 0 fully saturated rings. The van der Waals surface area contributed by atoms with Gasteiger partial charge < -0.3 is 5.32 Å². The SMILES string of the molecule is O=CC1(c2nc3ccccc3s2)C=CC=CN1. The maximum absolute atomic E-state index is 11.4. The van der Waals surface area contributed by atoms with Crippen molar-refractivity contribution in [3.8, 4) is 0 Å². The largest absolute Gasteiger partial charge is 0.370 e. The normalized spacial score (nSPS) is 22.6. The molecule has 0 spiro atoms. The van der Waals surface area contributed by atoms with Crippen LogP contribution in [0.1, 0.15) is 5.01 Å². The average molecular weight is 242 g/mol. The first-order valence-corrected chi connectivity index (χ1v) is 6.10. The topological polar surface area (TPSA) is 42.0 Å². The van der Waals surface area contributed by atoms with Crippen LogP contribution < -0.4 is 5.32 Å². The maximum atomic E-state index is 11.4. The third-order valence-electron chi connectivity index (χ3n) is 2.72. The molecule has 0 radical (unpaired) electrons. The lowest BCUT2D eigenvalue weighted by molar-refractivity contribution is -0.111. The summed E-state index contributed by atoms with van der Waals surface area (Å²) in [5, 5.41) is 3.84. The van der Waals surface area contributed by atoms with Gasteiger partial charge in [-0.15, -0.1) is 11.3 Å². The number of para-hydroxylation sites is 1. The number of thiazole rings is 1. The summed E-state index contributed by atoms with van der Waals surface area (Å²) in [5.74, 6) is 0. The van der Waals surface area contributed by atoms with Crippen LogP contribution in [0.4, 0.5) is 0 Å². The summed E-state index contributed by atoms with van der Waals surface area (Å²) in [5.41, 5.74) is 0.122. The van der Waals surface area contributed by atoms with Gasteiger partial charge in [0.05, 0.1) is 10.2 Å². The lowest BCUT2D eigenvalue weighted by Gasteiger charge is -2.24. The van der Waals surface area contributed by atoms with Crippen LogP contribution in [-0.2, 0) is 10.3 Å². The highest BCUT2D eigenvalue weighted by atomic mass is 32.1. The van der Waals surface area contributed by atoms with E-state index in [2.05, 4.69) is 10.3 Å². The average Bonchev–Trinajstić information content (AvgIpc) is 2.84. The summed E-state index contributed by atoms with van der Waals surface area (Å²) in [6.45, 7) is 0. The van der Waals surface area contributed by atoms with Gasteiger partial charge in [0.2, 0.25) is 0 Å². The van der Waals surface area contributed by atoms with Crippen LogP contribution >= 0.6 is 11.3 Å². The second kappa shape index (κ2) is 3.82. The molecule has 0 bridgehead atoms. The molecule has 1 aromatic heterocycles. The van der Waals surface area contributed by atoms with Crippen LogP contribution in [0.2, 0.25) is 0 Å². The minimum Gasteiger partial charge on any atom is -0.370 e. The van der Waals surface area contributed by atoms with Gasteiger partial charge >= 0.3 is 0 Å². The first kappa shape index (κ1) is 10.2. The van der Waals surface area contributed by atoms with E-state index in [4.69, 9.17) is 0 Å². The molecule has 1 atom stereocenters. The Morgan fingerprint density at radius 1 is 1.29 bits per heavy atom. The van der Waals surface area contributed by atoms with Gasteiger partial charge in [-0.2, -0.15) is 0 Å². The van der Waals surface area contributed by atoms with Crippen molar-refractivity contribution in [1.82, 2.24) is 10.3 Å². The fraction of sp³-hybridized carbons (Fsp3) is 0.0769. The van der Waals surface area contributed by atoms with E-state index in [1.165, 1.54) is 11.3 Å². The number of dihydropyridines is 1. The number of nitrogens with one attached hydrogen (secondary N) is 1. The monoisotopic (exact) mass is 242 g/mol. The van der Waals surface area contributed by atoms with Gasteiger partial charge in [-0.3, -0.25) is 4.79 Å². The molecule has 84 valence electrons. The molecule has 3 nitrogen and oxygen atoms in total. The number of hydrogen-bond donors (Lipinski definition) is 1. The summed E-state index contributed by atoms with van der Waals surface area (Å²) in [6.07, 6.45) is 8.20. The highest BCUT2D eigenvalue weighted by molar-refractivity contribution is 7.18. The number of carbonyl (C=O) groups excluding carboxylic acids is 1. The molecule has 1 N–H and O–H groups in total. The van der Waals surface area contributed by atoms with Crippen molar-refractivity contribution in [3.05, 3.63) is 53.7 Å². The maximum Gasteiger partial charge on any atom is 0.164 e. The summed E-state index contributed by atoms with van der Waals surface area (Å²) in [6, 6.07) is 7.89. The molecule has 1 unspecified atom stereocenters. The van der Waals surface area contributed by atoms with Crippen molar-refractivity contribution in [2.75, 3.05) is 0 Å². The Kier molecular flexibility index (Phi) is 2.30. The Morgan fingerprint density at radius 2 is 2.18 bits per heavy atom. The fourth-order valence-corrected chi connectivity index (χ4v) is 2.86. The molecular weight excluding hydrogens is 232 g/mol. The minimum absolute atomic E-state index is 0.773. The molecule has 2 aromatic rings. The van der Waals surface area contributed by atoms with E-state index < -0.39 is 5.54 Å². The lowest BCUT2D eigenvalue weighted by Crippen LogP contribution is -2.40. The van der Waals surface area contributed by atoms with E-state index >= 15 is 0 Å². The second-order valence-corrected chi connectivity index (χ2v) is 4.87. The van der Waals surface area contributed by atoms with Gasteiger partial charge in [0.15, 0.2) is 11.8 Å². The summed E-state index contributed by atoms with van der Waals surface area (Å²) >= 11 is 1.54. The number of aldehydes is 1. The molecule has 0 saturated carbocycles. The predicted molar refractivity (Wildman–Crippen MR) is 68.8 cm³/mol. The number of aromatic nitrogens is 1. The van der Waals surface area contributed by atoms with Gasteiger partial charge in [-0.1, -0.05) is 18.2 Å². The molecule has 0 saturated heterocycles. The van der Waals surface area contributed by atoms with Gasteiger partial charge in [0, 0.05) is 0 Å². The second-order valence-electron chi connectivity index (χ2n) is 3.84. The number of benzene rings is 1. The zero-order valence-corrected chi connectivity index (χ0v) is 9.78. The number of carbonyl (C=O) groups is 1. The Morgan fingerprint density at radius 3 is 2.88 bits per heavy atom. The number of rotatable bonds is 2. The van der Waals surface area contributed by atoms with Crippen LogP contribution in [0, 0.1) is 0 Å². The van der Waals surface area contributed by atoms with E-state index in [1.807, 2.05) is 42.5 Å². The smallest absolute Gasteiger partial charge is 0.164 e. The van der Waals surface area contributed by atoms with Crippen molar-refractivity contribution in [3.63, 3.8) is 0 Å². The Hall–Kier alpha value is -1.94. The Bertz CT molecular complexity index is 596. The van der Waals surface area contributed by atoms with E-state index in [9.17, 15) is 4.79 Å². The standard InChI is InChI=1S/C13H10N2OS/c16-9-13(7-3-4-8-14-13)12-15-10-5-1-2-6-11(10)17-12/h1-9,14H. The van der Waals surface area contributed by atoms with E-state index in [-0.39, 0.29) is 0 Å². The molecule has 2 heterocycles. The first-order valence-electron chi connectivity index (χ1n) is 5.28. The van der Waals surface area contributed by atoms with Crippen molar-refractivity contribution in [1.29, 1.82) is 0 Å². The van der Waals surface area contributed by atoms with Gasteiger partial charge in [0.1, 0.15) is 5.01 Å². The van der Waals surface area contributed by atoms with Gasteiger partial charge in [0.25, 0.3) is 0 Å². The third-order valence-corrected chi connectivity index (χ3v) is 3.91. The third kappa shape index (κ3) is 1.57. The highest BCUT2D eigenvalue weighted by Gasteiger charge is 2.32. The van der Waals surface area contributed by atoms with Gasteiger partial charge in [-0.25, -0.2) is 4.98 Å². The highest BCUT2D eigenvalue weighted by Crippen LogP contribution is 2.31. The van der Waals surface area contributed by atoms with Crippen LogP contribution in [0.5, 0.6) is 0 Å². The Labute approximate surface area is 102 Å². The van der Waals surface area contributed by atoms with Crippen LogP contribution in [0.15, 0.2) is 48.7 Å². The molecule has 1 aromatic carbocycles. The molecule has 0 aliphatic carbocycles. The molecular formula is C13H10N2OS. The number of fused-ring (bicyclic) bond motifs is 1. The quantitative estimate of drug-likeness (QED) is 0.822. The van der Waals surface area contributed by atoms with E-state index in [0.29, 0.717) is 0 Å². The molecule has 4 heteroatoms. The first-order chi connectivity index (χ1) is 8.34. The molecule has 0 amide bonds. The zero-order chi connectivity index (χ0) is 11.7. The molecule has 1 aliphatic heterocycles. The van der Waals surface area contributed by atoms with Crippen LogP contribution in [0.25, 0.3) is 10.2 Å². The van der Waals surface area contributed by atoms with Crippen molar-refractivity contribution in [2.24, 2.45) is 0 Å². The van der Waals surface area contributed by atoms with E-state index in [0.717, 1.165) is 21.5 Å². The Balaban J connectivity index is 2.16. The summed E-state index contributed by atoms with van der Waals surface area (Å²) in [7, 11) is 0. The predicted octanol–water partition coefficient (Wildman–Crippen LogP) is 2.36. The number of allylic oxidation sites excluding steroid dienone is 2. The lowest BCUT2D eigenvalue weighted by atomic mass is 10.0. The van der Waals surface area contributed by atoms with Gasteiger partial charge in [-0.05, 0) is 30.5 Å². The minimum atomic E-state index is -0.807. The zero-order valence-electron chi connectivity index (χ0n) is 8.96. The number of nitrogens with zero attached hydrogens (tertiary/aromatic N) is 1. The van der Waals surface area contributed by atoms with Crippen molar-refractivity contribution >= 4 is 27.8 Å². The van der Waals surface area contributed by atoms with E-state index in [1.54, 1.807) is 6.20 Å². The van der Waals surface area contributed by atoms with Crippen LogP contribution in [-0.4, -0.2) is 11.3 Å².